The Morgan fingerprint density at radius 2 is 1.50 bits per heavy atom. The molecule has 9 N–H and O–H groups in total. The van der Waals surface area contributed by atoms with E-state index in [2.05, 4.69) is 0 Å². The van der Waals surface area contributed by atoms with Gasteiger partial charge in [0.1, 0.15) is 36.6 Å². The van der Waals surface area contributed by atoms with Crippen LogP contribution in [0.2, 0.25) is 0 Å². The highest BCUT2D eigenvalue weighted by Crippen LogP contribution is 2.32. The standard InChI is InChI=1S/C29H36O15/c1-13-22(36)23(37)24(38)29(41-13)44-27-25(39)28(40-9-8-15-3-6-17(32)19(34)11-15)42-20(12-30)26(27)43-21(35)7-4-14-2-5-16(31)18(33)10-14/h2-7,10-11,13,20,22-34,36-39H,8-9,12H2,1H3/t13-,20+,22+,23-,24+,25-,26-,27+,28-,29+/m0/s1. The molecule has 242 valence electrons. The molecule has 2 aromatic carbocycles. The molecular weight excluding hydrogens is 588 g/mol. The van der Waals surface area contributed by atoms with Crippen LogP contribution < -0.4 is 0 Å². The van der Waals surface area contributed by atoms with Crippen molar-refractivity contribution in [3.8, 4) is 23.0 Å². The maximum absolute atomic E-state index is 12.8. The van der Waals surface area contributed by atoms with E-state index in [0.717, 1.165) is 6.08 Å². The lowest BCUT2D eigenvalue weighted by Gasteiger charge is -2.46. The van der Waals surface area contributed by atoms with Gasteiger partial charge in [-0.15, -0.1) is 0 Å². The zero-order chi connectivity index (χ0) is 32.1. The number of ether oxygens (including phenoxy) is 5. The molecule has 10 atom stereocenters. The number of aliphatic hydroxyl groups is 5. The number of esters is 1. The molecule has 4 rings (SSSR count). The van der Waals surface area contributed by atoms with Crippen molar-refractivity contribution in [2.24, 2.45) is 0 Å². The molecule has 0 amide bonds. The van der Waals surface area contributed by atoms with Gasteiger partial charge in [0.2, 0.25) is 0 Å². The summed E-state index contributed by atoms with van der Waals surface area (Å²) in [7, 11) is 0. The minimum absolute atomic E-state index is 0.0754. The molecule has 0 unspecified atom stereocenters. The molecule has 0 aliphatic carbocycles. The third-order valence-electron chi connectivity index (χ3n) is 7.27. The van der Waals surface area contributed by atoms with Crippen molar-refractivity contribution in [2.75, 3.05) is 13.2 Å². The summed E-state index contributed by atoms with van der Waals surface area (Å²) in [5.41, 5.74) is 0.914. The number of carbonyl (C=O) groups is 1. The predicted molar refractivity (Wildman–Crippen MR) is 147 cm³/mol. The van der Waals surface area contributed by atoms with Gasteiger partial charge < -0.3 is 69.6 Å². The molecule has 2 aliphatic heterocycles. The Morgan fingerprint density at radius 3 is 2.16 bits per heavy atom. The number of carbonyl (C=O) groups excluding carboxylic acids is 1. The molecule has 0 spiro atoms. The van der Waals surface area contributed by atoms with Crippen LogP contribution >= 0.6 is 0 Å². The Balaban J connectivity index is 1.52. The first-order valence-electron chi connectivity index (χ1n) is 13.7. The fourth-order valence-electron chi connectivity index (χ4n) is 4.76. The monoisotopic (exact) mass is 624 g/mol. The molecule has 2 saturated heterocycles. The number of aliphatic hydroxyl groups excluding tert-OH is 5. The van der Waals surface area contributed by atoms with E-state index in [9.17, 15) is 50.8 Å². The van der Waals surface area contributed by atoms with Gasteiger partial charge >= 0.3 is 5.97 Å². The van der Waals surface area contributed by atoms with E-state index in [1.807, 2.05) is 0 Å². The zero-order valence-corrected chi connectivity index (χ0v) is 23.5. The van der Waals surface area contributed by atoms with E-state index < -0.39 is 79.7 Å². The Labute approximate surface area is 251 Å². The molecule has 0 bridgehead atoms. The summed E-state index contributed by atoms with van der Waals surface area (Å²) in [5, 5.41) is 90.5. The molecule has 2 fully saturated rings. The SMILES string of the molecule is C[C@@H]1O[C@H](O[C@@H]2[C@H](O)[C@@H](OCCc3ccc(O)c(O)c3)O[C@H](CO)[C@@H]2OC(=O)C=Cc2ccc(O)c(O)c2)[C@H](O)[C@@H](O)[C@@H]1O. The normalized spacial score (nSPS) is 32.5. The predicted octanol–water partition coefficient (Wildman–Crippen LogP) is -1.02. The summed E-state index contributed by atoms with van der Waals surface area (Å²) in [4.78, 5) is 12.8. The molecule has 44 heavy (non-hydrogen) atoms. The Hall–Kier alpha value is -3.51. The van der Waals surface area contributed by atoms with Crippen molar-refractivity contribution in [1.29, 1.82) is 0 Å². The smallest absolute Gasteiger partial charge is 0.331 e. The highest BCUT2D eigenvalue weighted by Gasteiger charge is 2.52. The van der Waals surface area contributed by atoms with Crippen LogP contribution in [0.25, 0.3) is 6.08 Å². The third kappa shape index (κ3) is 7.76. The second-order valence-electron chi connectivity index (χ2n) is 10.4. The van der Waals surface area contributed by atoms with Crippen LogP contribution in [0, 0.1) is 0 Å². The van der Waals surface area contributed by atoms with Crippen LogP contribution in [0.1, 0.15) is 18.1 Å². The van der Waals surface area contributed by atoms with Gasteiger partial charge in [-0.05, 0) is 54.8 Å². The minimum Gasteiger partial charge on any atom is -0.504 e. The number of aromatic hydroxyl groups is 4. The van der Waals surface area contributed by atoms with E-state index in [0.29, 0.717) is 11.1 Å². The van der Waals surface area contributed by atoms with Crippen LogP contribution in [-0.4, -0.2) is 127 Å². The van der Waals surface area contributed by atoms with Crippen LogP contribution in [-0.2, 0) is 34.9 Å². The first kappa shape index (κ1) is 33.4. The van der Waals surface area contributed by atoms with Gasteiger partial charge in [0, 0.05) is 6.08 Å². The van der Waals surface area contributed by atoms with Crippen molar-refractivity contribution in [3.05, 3.63) is 53.6 Å². The van der Waals surface area contributed by atoms with E-state index in [1.54, 1.807) is 6.07 Å². The quantitative estimate of drug-likeness (QED) is 0.0873. The fourth-order valence-corrected chi connectivity index (χ4v) is 4.76. The van der Waals surface area contributed by atoms with E-state index in [1.165, 1.54) is 43.3 Å². The summed E-state index contributed by atoms with van der Waals surface area (Å²) in [6.45, 7) is 0.606. The Kier molecular flexibility index (Phi) is 11.0. The molecule has 2 heterocycles. The van der Waals surface area contributed by atoms with Crippen LogP contribution in [0.15, 0.2) is 42.5 Å². The maximum atomic E-state index is 12.8. The lowest BCUT2D eigenvalue weighted by molar-refractivity contribution is -0.357. The van der Waals surface area contributed by atoms with E-state index in [-0.39, 0.29) is 30.3 Å². The summed E-state index contributed by atoms with van der Waals surface area (Å²) >= 11 is 0. The fraction of sp³-hybridized carbons (Fsp3) is 0.483. The largest absolute Gasteiger partial charge is 0.504 e. The Bertz CT molecular complexity index is 1300. The lowest BCUT2D eigenvalue weighted by Crippen LogP contribution is -2.65. The molecule has 15 nitrogen and oxygen atoms in total. The van der Waals surface area contributed by atoms with Gasteiger partial charge in [0.05, 0.1) is 19.3 Å². The van der Waals surface area contributed by atoms with Gasteiger partial charge in [0.25, 0.3) is 0 Å². The topological polar surface area (TPSA) is 245 Å². The summed E-state index contributed by atoms with van der Waals surface area (Å²) in [5.74, 6) is -2.40. The molecule has 0 radical (unpaired) electrons. The number of benzene rings is 2. The molecule has 0 saturated carbocycles. The van der Waals surface area contributed by atoms with Crippen molar-refractivity contribution in [1.82, 2.24) is 0 Å². The zero-order valence-electron chi connectivity index (χ0n) is 23.5. The highest BCUT2D eigenvalue weighted by molar-refractivity contribution is 5.87. The molecule has 2 aliphatic rings. The third-order valence-corrected chi connectivity index (χ3v) is 7.27. The minimum atomic E-state index is -1.77. The van der Waals surface area contributed by atoms with Crippen molar-refractivity contribution in [2.45, 2.75) is 74.8 Å². The molecule has 2 aromatic rings. The Morgan fingerprint density at radius 1 is 0.818 bits per heavy atom. The molecular formula is C29H36O15. The van der Waals surface area contributed by atoms with Gasteiger partial charge in [-0.1, -0.05) is 12.1 Å². The second kappa shape index (κ2) is 14.5. The molecule has 15 heteroatoms. The van der Waals surface area contributed by atoms with Gasteiger partial charge in [-0.25, -0.2) is 4.79 Å². The number of hydrogen-bond acceptors (Lipinski definition) is 15. The molecule has 0 aromatic heterocycles. The first-order chi connectivity index (χ1) is 20.9. The van der Waals surface area contributed by atoms with Crippen LogP contribution in [0.4, 0.5) is 0 Å². The summed E-state index contributed by atoms with van der Waals surface area (Å²) < 4.78 is 28.2. The number of hydrogen-bond donors (Lipinski definition) is 9. The van der Waals surface area contributed by atoms with Crippen molar-refractivity contribution < 1.29 is 74.4 Å². The van der Waals surface area contributed by atoms with Crippen molar-refractivity contribution >= 4 is 12.0 Å². The van der Waals surface area contributed by atoms with Crippen LogP contribution in [0.5, 0.6) is 23.0 Å². The number of phenolic OH excluding ortho intramolecular Hbond substituents is 4. The first-order valence-corrected chi connectivity index (χ1v) is 13.7. The summed E-state index contributed by atoms with van der Waals surface area (Å²) in [6, 6.07) is 7.98. The lowest BCUT2D eigenvalue weighted by atomic mass is 9.97. The van der Waals surface area contributed by atoms with Crippen molar-refractivity contribution in [3.63, 3.8) is 0 Å². The summed E-state index contributed by atoms with van der Waals surface area (Å²) in [6.07, 6.45) is -12.6. The van der Waals surface area contributed by atoms with Gasteiger partial charge in [0.15, 0.2) is 41.7 Å². The van der Waals surface area contributed by atoms with E-state index >= 15 is 0 Å². The number of rotatable bonds is 10. The van der Waals surface area contributed by atoms with Gasteiger partial charge in [-0.2, -0.15) is 0 Å². The maximum Gasteiger partial charge on any atom is 0.331 e. The average Bonchev–Trinajstić information content (AvgIpc) is 2.99. The number of phenols is 4. The van der Waals surface area contributed by atoms with Gasteiger partial charge in [-0.3, -0.25) is 0 Å². The van der Waals surface area contributed by atoms with E-state index in [4.69, 9.17) is 23.7 Å². The highest BCUT2D eigenvalue weighted by atomic mass is 16.7. The average molecular weight is 625 g/mol. The second-order valence-corrected chi connectivity index (χ2v) is 10.4. The van der Waals surface area contributed by atoms with Crippen LogP contribution in [0.3, 0.4) is 0 Å².